The van der Waals surface area contributed by atoms with Gasteiger partial charge < -0.3 is 4.98 Å². The van der Waals surface area contributed by atoms with Crippen molar-refractivity contribution in [2.45, 2.75) is 11.3 Å². The van der Waals surface area contributed by atoms with Crippen LogP contribution in [0.2, 0.25) is 0 Å². The van der Waals surface area contributed by atoms with Gasteiger partial charge in [-0.05, 0) is 29.8 Å². The largest absolute Gasteiger partial charge is 0.310 e. The third-order valence-corrected chi connectivity index (χ3v) is 4.51. The van der Waals surface area contributed by atoms with Crippen molar-refractivity contribution in [3.05, 3.63) is 70.3 Å². The first kappa shape index (κ1) is 14.5. The SMILES string of the molecule is CS(=O)(=O)c1ccc(Cc2nc3ccccc3c(=O)[nH]2)cc1. The van der Waals surface area contributed by atoms with Gasteiger partial charge in [0.2, 0.25) is 0 Å². The number of para-hydroxylation sites is 1. The van der Waals surface area contributed by atoms with E-state index in [2.05, 4.69) is 9.97 Å². The van der Waals surface area contributed by atoms with E-state index in [9.17, 15) is 13.2 Å². The van der Waals surface area contributed by atoms with Crippen LogP contribution in [-0.2, 0) is 16.3 Å². The fourth-order valence-electron chi connectivity index (χ4n) is 2.27. The van der Waals surface area contributed by atoms with Crippen molar-refractivity contribution < 1.29 is 8.42 Å². The van der Waals surface area contributed by atoms with Crippen molar-refractivity contribution in [2.75, 3.05) is 6.26 Å². The number of sulfone groups is 1. The molecule has 0 amide bonds. The molecule has 1 N–H and O–H groups in total. The van der Waals surface area contributed by atoms with Gasteiger partial charge in [0.15, 0.2) is 9.84 Å². The molecule has 0 bridgehead atoms. The van der Waals surface area contributed by atoms with Gasteiger partial charge in [-0.3, -0.25) is 4.79 Å². The number of nitrogens with zero attached hydrogens (tertiary/aromatic N) is 1. The monoisotopic (exact) mass is 314 g/mol. The molecule has 0 aliphatic rings. The molecule has 0 aliphatic carbocycles. The van der Waals surface area contributed by atoms with Gasteiger partial charge in [-0.1, -0.05) is 24.3 Å². The Kier molecular flexibility index (Phi) is 3.54. The molecule has 112 valence electrons. The van der Waals surface area contributed by atoms with E-state index in [0.29, 0.717) is 23.1 Å². The zero-order valence-electron chi connectivity index (χ0n) is 11.9. The molecule has 1 heterocycles. The van der Waals surface area contributed by atoms with E-state index in [1.54, 1.807) is 42.5 Å². The molecule has 0 saturated heterocycles. The highest BCUT2D eigenvalue weighted by Crippen LogP contribution is 2.13. The van der Waals surface area contributed by atoms with Crippen molar-refractivity contribution in [1.29, 1.82) is 0 Å². The fourth-order valence-corrected chi connectivity index (χ4v) is 2.90. The van der Waals surface area contributed by atoms with Crippen LogP contribution in [0.25, 0.3) is 10.9 Å². The average Bonchev–Trinajstić information content (AvgIpc) is 2.47. The minimum Gasteiger partial charge on any atom is -0.310 e. The number of benzene rings is 2. The Labute approximate surface area is 127 Å². The second-order valence-corrected chi connectivity index (χ2v) is 7.14. The Hall–Kier alpha value is -2.47. The van der Waals surface area contributed by atoms with Gasteiger partial charge in [0.25, 0.3) is 5.56 Å². The second-order valence-electron chi connectivity index (χ2n) is 5.12. The molecule has 0 unspecified atom stereocenters. The predicted octanol–water partition coefficient (Wildman–Crippen LogP) is 1.92. The van der Waals surface area contributed by atoms with Gasteiger partial charge in [0.1, 0.15) is 5.82 Å². The lowest BCUT2D eigenvalue weighted by Crippen LogP contribution is -2.12. The normalized spacial score (nSPS) is 11.7. The number of nitrogens with one attached hydrogen (secondary N) is 1. The Morgan fingerprint density at radius 2 is 1.73 bits per heavy atom. The summed E-state index contributed by atoms with van der Waals surface area (Å²) in [4.78, 5) is 19.5. The fraction of sp³-hybridized carbons (Fsp3) is 0.125. The number of rotatable bonds is 3. The Balaban J connectivity index is 1.95. The molecule has 0 fully saturated rings. The van der Waals surface area contributed by atoms with E-state index in [1.165, 1.54) is 6.26 Å². The molecule has 22 heavy (non-hydrogen) atoms. The lowest BCUT2D eigenvalue weighted by atomic mass is 10.1. The third kappa shape index (κ3) is 2.92. The minimum atomic E-state index is -3.20. The molecule has 6 heteroatoms. The Morgan fingerprint density at radius 3 is 2.41 bits per heavy atom. The van der Waals surface area contributed by atoms with Crippen LogP contribution in [0.15, 0.2) is 58.2 Å². The van der Waals surface area contributed by atoms with Crippen LogP contribution in [0, 0.1) is 0 Å². The van der Waals surface area contributed by atoms with E-state index in [-0.39, 0.29) is 10.5 Å². The topological polar surface area (TPSA) is 79.9 Å². The molecular weight excluding hydrogens is 300 g/mol. The van der Waals surface area contributed by atoms with Crippen LogP contribution in [0.3, 0.4) is 0 Å². The lowest BCUT2D eigenvalue weighted by Gasteiger charge is -2.04. The van der Waals surface area contributed by atoms with E-state index in [1.807, 2.05) is 6.07 Å². The van der Waals surface area contributed by atoms with Crippen LogP contribution in [-0.4, -0.2) is 24.6 Å². The maximum absolute atomic E-state index is 12.0. The van der Waals surface area contributed by atoms with Crippen molar-refractivity contribution in [3.63, 3.8) is 0 Å². The molecule has 0 saturated carbocycles. The van der Waals surface area contributed by atoms with E-state index < -0.39 is 9.84 Å². The first-order valence-electron chi connectivity index (χ1n) is 6.70. The van der Waals surface area contributed by atoms with Crippen LogP contribution in [0.1, 0.15) is 11.4 Å². The Bertz CT molecular complexity index is 990. The molecule has 1 aromatic heterocycles. The maximum Gasteiger partial charge on any atom is 0.258 e. The average molecular weight is 314 g/mol. The van der Waals surface area contributed by atoms with Gasteiger partial charge in [-0.25, -0.2) is 13.4 Å². The van der Waals surface area contributed by atoms with E-state index >= 15 is 0 Å². The quantitative estimate of drug-likeness (QED) is 0.801. The number of hydrogen-bond donors (Lipinski definition) is 1. The van der Waals surface area contributed by atoms with Gasteiger partial charge in [0.05, 0.1) is 15.8 Å². The highest BCUT2D eigenvalue weighted by molar-refractivity contribution is 7.90. The van der Waals surface area contributed by atoms with E-state index in [4.69, 9.17) is 0 Å². The van der Waals surface area contributed by atoms with Crippen LogP contribution in [0.4, 0.5) is 0 Å². The van der Waals surface area contributed by atoms with Crippen molar-refractivity contribution in [1.82, 2.24) is 9.97 Å². The third-order valence-electron chi connectivity index (χ3n) is 3.38. The van der Waals surface area contributed by atoms with Gasteiger partial charge in [0, 0.05) is 12.7 Å². The molecule has 3 aromatic rings. The van der Waals surface area contributed by atoms with Gasteiger partial charge >= 0.3 is 0 Å². The first-order valence-corrected chi connectivity index (χ1v) is 8.59. The second kappa shape index (κ2) is 5.38. The number of aromatic amines is 1. The molecule has 0 aliphatic heterocycles. The molecule has 2 aromatic carbocycles. The molecule has 5 nitrogen and oxygen atoms in total. The molecule has 0 atom stereocenters. The summed E-state index contributed by atoms with van der Waals surface area (Å²) in [6, 6.07) is 13.7. The number of hydrogen-bond acceptors (Lipinski definition) is 4. The summed E-state index contributed by atoms with van der Waals surface area (Å²) >= 11 is 0. The summed E-state index contributed by atoms with van der Waals surface area (Å²) < 4.78 is 22.9. The summed E-state index contributed by atoms with van der Waals surface area (Å²) in [5, 5.41) is 0.554. The van der Waals surface area contributed by atoms with Gasteiger partial charge in [-0.15, -0.1) is 0 Å². The highest BCUT2D eigenvalue weighted by Gasteiger charge is 2.08. The number of fused-ring (bicyclic) bond motifs is 1. The summed E-state index contributed by atoms with van der Waals surface area (Å²) in [5.41, 5.74) is 1.35. The van der Waals surface area contributed by atoms with Crippen molar-refractivity contribution in [3.8, 4) is 0 Å². The molecule has 0 radical (unpaired) electrons. The minimum absolute atomic E-state index is 0.173. The summed E-state index contributed by atoms with van der Waals surface area (Å²) in [5.74, 6) is 0.552. The number of aromatic nitrogens is 2. The molecule has 0 spiro atoms. The standard InChI is InChI=1S/C16H14N2O3S/c1-22(20,21)12-8-6-11(7-9-12)10-15-17-14-5-3-2-4-13(14)16(19)18-15/h2-9H,10H2,1H3,(H,17,18,19). The summed E-state index contributed by atoms with van der Waals surface area (Å²) in [6.45, 7) is 0. The summed E-state index contributed by atoms with van der Waals surface area (Å²) in [6.07, 6.45) is 1.61. The smallest absolute Gasteiger partial charge is 0.258 e. The number of H-pyrrole nitrogens is 1. The van der Waals surface area contributed by atoms with Crippen LogP contribution in [0.5, 0.6) is 0 Å². The van der Waals surface area contributed by atoms with E-state index in [0.717, 1.165) is 5.56 Å². The zero-order chi connectivity index (χ0) is 15.7. The van der Waals surface area contributed by atoms with Gasteiger partial charge in [-0.2, -0.15) is 0 Å². The highest BCUT2D eigenvalue weighted by atomic mass is 32.2. The summed E-state index contributed by atoms with van der Waals surface area (Å²) in [7, 11) is -3.20. The zero-order valence-corrected chi connectivity index (χ0v) is 12.7. The van der Waals surface area contributed by atoms with Crippen molar-refractivity contribution >= 4 is 20.7 Å². The Morgan fingerprint density at radius 1 is 1.05 bits per heavy atom. The first-order chi connectivity index (χ1) is 10.4. The van der Waals surface area contributed by atoms with Crippen LogP contribution < -0.4 is 5.56 Å². The van der Waals surface area contributed by atoms with Crippen molar-refractivity contribution in [2.24, 2.45) is 0 Å². The lowest BCUT2D eigenvalue weighted by molar-refractivity contribution is 0.602. The molecule has 3 rings (SSSR count). The maximum atomic E-state index is 12.0. The molecular formula is C16H14N2O3S. The predicted molar refractivity (Wildman–Crippen MR) is 84.7 cm³/mol. The van der Waals surface area contributed by atoms with Crippen LogP contribution >= 0.6 is 0 Å².